The number of nitrogens with one attached hydrogen (secondary N) is 1. The van der Waals surface area contributed by atoms with Crippen LogP contribution in [-0.2, 0) is 9.59 Å². The number of halogens is 6. The van der Waals surface area contributed by atoms with E-state index in [2.05, 4.69) is 15.2 Å². The van der Waals surface area contributed by atoms with Crippen LogP contribution in [0, 0.1) is 0 Å². The van der Waals surface area contributed by atoms with E-state index in [1.54, 1.807) is 6.20 Å². The van der Waals surface area contributed by atoms with E-state index in [0.717, 1.165) is 18.8 Å². The maximum absolute atomic E-state index is 11.1. The number of carboxylic acid groups (broad SMARTS) is 2. The zero-order valence-electron chi connectivity index (χ0n) is 14.9. The molecule has 1 aromatic heterocycles. The topological polar surface area (TPSA) is 146 Å². The maximum Gasteiger partial charge on any atom is 0.490 e. The lowest BCUT2D eigenvalue weighted by Gasteiger charge is -2.29. The molecule has 0 aliphatic carbocycles. The number of carboxylic acids is 2. The number of nitrogens with two attached hydrogens (primary N) is 1. The van der Waals surface area contributed by atoms with Crippen LogP contribution >= 0.6 is 0 Å². The number of rotatable bonds is 2. The summed E-state index contributed by atoms with van der Waals surface area (Å²) in [5, 5.41) is 17.7. The summed E-state index contributed by atoms with van der Waals surface area (Å²) in [6.45, 7) is 2.01. The molecule has 1 amide bonds. The minimum atomic E-state index is -5.08. The van der Waals surface area contributed by atoms with Gasteiger partial charge in [0.15, 0.2) is 0 Å². The molecule has 3 rings (SSSR count). The number of pyridine rings is 1. The summed E-state index contributed by atoms with van der Waals surface area (Å²) < 4.78 is 63.5. The second-order valence-electron chi connectivity index (χ2n) is 6.05. The van der Waals surface area contributed by atoms with Crippen molar-refractivity contribution >= 4 is 23.5 Å². The monoisotopic (exact) mass is 446 g/mol. The van der Waals surface area contributed by atoms with Gasteiger partial charge in [-0.2, -0.15) is 26.3 Å². The molecule has 30 heavy (non-hydrogen) atoms. The van der Waals surface area contributed by atoms with Crippen molar-refractivity contribution in [1.29, 1.82) is 0 Å². The lowest BCUT2D eigenvalue weighted by Crippen LogP contribution is -2.43. The molecule has 168 valence electrons. The van der Waals surface area contributed by atoms with Crippen LogP contribution in [0.3, 0.4) is 0 Å². The third-order valence-electron chi connectivity index (χ3n) is 3.88. The summed E-state index contributed by atoms with van der Waals surface area (Å²) in [5.74, 6) is -5.93. The van der Waals surface area contributed by atoms with Crippen molar-refractivity contribution < 1.29 is 50.9 Å². The summed E-state index contributed by atoms with van der Waals surface area (Å²) in [6, 6.07) is 2.95. The van der Waals surface area contributed by atoms with Gasteiger partial charge in [0.2, 0.25) is 5.91 Å². The largest absolute Gasteiger partial charge is 0.490 e. The fraction of sp³-hybridized carbons (Fsp3) is 0.467. The van der Waals surface area contributed by atoms with Crippen molar-refractivity contribution in [3.63, 3.8) is 0 Å². The molecule has 9 nitrogen and oxygen atoms in total. The van der Waals surface area contributed by atoms with Gasteiger partial charge in [0.05, 0.1) is 17.4 Å². The number of fused-ring (bicyclic) bond motifs is 2. The number of primary amides is 1. The van der Waals surface area contributed by atoms with Crippen molar-refractivity contribution in [3.8, 4) is 0 Å². The van der Waals surface area contributed by atoms with Crippen molar-refractivity contribution in [2.45, 2.75) is 30.9 Å². The molecule has 2 saturated heterocycles. The van der Waals surface area contributed by atoms with E-state index >= 15 is 0 Å². The van der Waals surface area contributed by atoms with Gasteiger partial charge < -0.3 is 26.2 Å². The number of amides is 1. The molecule has 15 heteroatoms. The van der Waals surface area contributed by atoms with Crippen LogP contribution in [0.15, 0.2) is 18.5 Å². The third kappa shape index (κ3) is 7.38. The average molecular weight is 446 g/mol. The molecule has 2 atom stereocenters. The van der Waals surface area contributed by atoms with Gasteiger partial charge in [-0.05, 0) is 12.5 Å². The van der Waals surface area contributed by atoms with E-state index in [1.165, 1.54) is 12.6 Å². The van der Waals surface area contributed by atoms with E-state index in [4.69, 9.17) is 25.5 Å². The SMILES string of the molecule is NC(=O)c1cncc(N2C[C@@H]3C[C@H]2CN3)c1.O=C(O)C(F)(F)F.O=C(O)C(F)(F)F. The smallest absolute Gasteiger partial charge is 0.475 e. The number of anilines is 1. The first-order valence-electron chi connectivity index (χ1n) is 7.98. The molecule has 2 aliphatic rings. The Kier molecular flexibility index (Phi) is 7.98. The third-order valence-corrected chi connectivity index (χ3v) is 3.88. The Hall–Kier alpha value is -3.10. The van der Waals surface area contributed by atoms with Gasteiger partial charge in [0.25, 0.3) is 0 Å². The maximum atomic E-state index is 11.1. The highest BCUT2D eigenvalue weighted by Crippen LogP contribution is 2.29. The number of piperazine rings is 1. The first-order chi connectivity index (χ1) is 13.6. The number of nitrogens with zero attached hydrogens (tertiary/aromatic N) is 2. The first-order valence-corrected chi connectivity index (χ1v) is 7.98. The highest BCUT2D eigenvalue weighted by molar-refractivity contribution is 5.93. The Balaban J connectivity index is 0.000000271. The fourth-order valence-electron chi connectivity index (χ4n) is 2.60. The fourth-order valence-corrected chi connectivity index (χ4v) is 2.60. The zero-order chi connectivity index (χ0) is 23.3. The molecule has 0 spiro atoms. The molecule has 2 aliphatic heterocycles. The van der Waals surface area contributed by atoms with Crippen molar-refractivity contribution in [3.05, 3.63) is 24.0 Å². The summed E-state index contributed by atoms with van der Waals surface area (Å²) in [6.07, 6.45) is -5.67. The Bertz CT molecular complexity index is 762. The van der Waals surface area contributed by atoms with Crippen LogP contribution in [-0.4, -0.2) is 70.6 Å². The Morgan fingerprint density at radius 1 is 1.07 bits per heavy atom. The molecule has 0 saturated carbocycles. The summed E-state index contributed by atoms with van der Waals surface area (Å²) in [5.41, 5.74) is 6.73. The molecule has 0 radical (unpaired) electrons. The lowest BCUT2D eigenvalue weighted by molar-refractivity contribution is -0.193. The van der Waals surface area contributed by atoms with E-state index in [9.17, 15) is 31.1 Å². The summed E-state index contributed by atoms with van der Waals surface area (Å²) in [7, 11) is 0. The molecule has 0 aromatic carbocycles. The van der Waals surface area contributed by atoms with Crippen LogP contribution in [0.5, 0.6) is 0 Å². The van der Waals surface area contributed by atoms with Crippen molar-refractivity contribution in [2.24, 2.45) is 5.73 Å². The summed E-state index contributed by atoms with van der Waals surface area (Å²) in [4.78, 5) is 35.2. The molecule has 1 aromatic rings. The van der Waals surface area contributed by atoms with E-state index in [1.807, 2.05) is 6.07 Å². The predicted octanol–water partition coefficient (Wildman–Crippen LogP) is 0.998. The number of hydrogen-bond donors (Lipinski definition) is 4. The zero-order valence-corrected chi connectivity index (χ0v) is 14.9. The number of hydrogen-bond acceptors (Lipinski definition) is 6. The standard InChI is InChI=1S/C11H14N4O.2C2HF3O2/c12-11(16)7-1-9(4-13-3-7)15-6-8-2-10(15)5-14-8;2*3-2(4,5)1(6)7/h1,3-4,8,10,14H,2,5-6H2,(H2,12,16);2*(H,6,7)/t8-,10-;;/m0../s1. The van der Waals surface area contributed by atoms with Crippen LogP contribution in [0.25, 0.3) is 0 Å². The van der Waals surface area contributed by atoms with E-state index in [0.29, 0.717) is 17.6 Å². The molecule has 5 N–H and O–H groups in total. The van der Waals surface area contributed by atoms with Gasteiger partial charge in [0, 0.05) is 31.4 Å². The predicted molar refractivity (Wildman–Crippen MR) is 87.7 cm³/mol. The Labute approximate surface area is 164 Å². The normalized spacial score (nSPS) is 19.9. The number of carbonyl (C=O) groups excluding carboxylic acids is 1. The van der Waals surface area contributed by atoms with Crippen molar-refractivity contribution in [1.82, 2.24) is 10.3 Å². The molecular formula is C15H16F6N4O5. The molecule has 3 heterocycles. The first kappa shape index (κ1) is 24.9. The number of alkyl halides is 6. The lowest BCUT2D eigenvalue weighted by atomic mass is 10.2. The van der Waals surface area contributed by atoms with Gasteiger partial charge in [-0.15, -0.1) is 0 Å². The number of aromatic nitrogens is 1. The minimum Gasteiger partial charge on any atom is -0.475 e. The van der Waals surface area contributed by atoms with Gasteiger partial charge in [-0.1, -0.05) is 0 Å². The van der Waals surface area contributed by atoms with Crippen LogP contribution in [0.2, 0.25) is 0 Å². The molecule has 2 bridgehead atoms. The van der Waals surface area contributed by atoms with Crippen LogP contribution < -0.4 is 16.0 Å². The highest BCUT2D eigenvalue weighted by Gasteiger charge is 2.39. The van der Waals surface area contributed by atoms with Crippen LogP contribution in [0.4, 0.5) is 32.0 Å². The average Bonchev–Trinajstić information content (AvgIpc) is 3.24. The van der Waals surface area contributed by atoms with Crippen LogP contribution in [0.1, 0.15) is 16.8 Å². The minimum absolute atomic E-state index is 0.420. The molecular weight excluding hydrogens is 430 g/mol. The Morgan fingerprint density at radius 2 is 1.57 bits per heavy atom. The summed E-state index contributed by atoms with van der Waals surface area (Å²) >= 11 is 0. The molecule has 2 fully saturated rings. The van der Waals surface area contributed by atoms with Gasteiger partial charge in [-0.25, -0.2) is 9.59 Å². The van der Waals surface area contributed by atoms with Gasteiger partial charge in [0.1, 0.15) is 0 Å². The van der Waals surface area contributed by atoms with Gasteiger partial charge in [-0.3, -0.25) is 9.78 Å². The Morgan fingerprint density at radius 3 is 1.90 bits per heavy atom. The molecule has 0 unspecified atom stereocenters. The number of aliphatic carboxylic acids is 2. The number of carbonyl (C=O) groups is 3. The second kappa shape index (κ2) is 9.60. The van der Waals surface area contributed by atoms with Crippen molar-refractivity contribution in [2.75, 3.05) is 18.0 Å². The second-order valence-corrected chi connectivity index (χ2v) is 6.05. The quantitative estimate of drug-likeness (QED) is 0.493. The van der Waals surface area contributed by atoms with Gasteiger partial charge >= 0.3 is 24.3 Å². The highest BCUT2D eigenvalue weighted by atomic mass is 19.4. The van der Waals surface area contributed by atoms with E-state index < -0.39 is 30.2 Å². The van der Waals surface area contributed by atoms with E-state index in [-0.39, 0.29) is 0 Å².